The molecular formula is C17H15N5. The molecule has 0 aliphatic carbocycles. The van der Waals surface area contributed by atoms with Crippen molar-refractivity contribution in [3.63, 3.8) is 0 Å². The Labute approximate surface area is 127 Å². The quantitative estimate of drug-likeness (QED) is 0.577. The number of benzene rings is 1. The molecule has 0 aliphatic rings. The van der Waals surface area contributed by atoms with Crippen LogP contribution < -0.4 is 5.73 Å². The molecule has 1 aromatic carbocycles. The van der Waals surface area contributed by atoms with Gasteiger partial charge < -0.3 is 5.73 Å². The molecule has 0 saturated heterocycles. The van der Waals surface area contributed by atoms with Crippen LogP contribution in [0.5, 0.6) is 0 Å². The van der Waals surface area contributed by atoms with Gasteiger partial charge in [0.25, 0.3) is 0 Å². The summed E-state index contributed by atoms with van der Waals surface area (Å²) in [7, 11) is 0. The predicted octanol–water partition coefficient (Wildman–Crippen LogP) is 3.08. The summed E-state index contributed by atoms with van der Waals surface area (Å²) in [6, 6.07) is 11.9. The van der Waals surface area contributed by atoms with Crippen LogP contribution in [0.25, 0.3) is 22.6 Å². The van der Waals surface area contributed by atoms with E-state index < -0.39 is 0 Å². The molecule has 0 spiro atoms. The lowest BCUT2D eigenvalue weighted by molar-refractivity contribution is 0.805. The molecule has 2 N–H and O–H groups in total. The first-order valence-corrected chi connectivity index (χ1v) is 7.06. The molecule has 22 heavy (non-hydrogen) atoms. The van der Waals surface area contributed by atoms with Crippen LogP contribution in [-0.4, -0.2) is 19.2 Å². The summed E-state index contributed by atoms with van der Waals surface area (Å²) in [5.41, 5.74) is 11.8. The van der Waals surface area contributed by atoms with Gasteiger partial charge in [-0.25, -0.2) is 9.50 Å². The van der Waals surface area contributed by atoms with Crippen LogP contribution in [-0.2, 0) is 0 Å². The number of nitrogen functional groups attached to an aromatic ring is 1. The number of fused-ring (bicyclic) bond motifs is 1. The number of pyridine rings is 1. The Morgan fingerprint density at radius 3 is 2.82 bits per heavy atom. The smallest absolute Gasteiger partial charge is 0.154 e. The standard InChI is InChI=1S/C17H15N5/c1-12-4-5-14(18)9-15(12)21-8-6-17-20-11-16(22(17)21)13-3-2-7-19-10-13/h2-11H,18H2,1H3. The number of aryl methyl sites for hydroxylation is 1. The van der Waals surface area contributed by atoms with Gasteiger partial charge in [0.2, 0.25) is 0 Å². The highest BCUT2D eigenvalue weighted by Crippen LogP contribution is 2.24. The molecule has 4 aromatic rings. The zero-order valence-corrected chi connectivity index (χ0v) is 12.1. The first-order valence-electron chi connectivity index (χ1n) is 7.06. The van der Waals surface area contributed by atoms with E-state index in [-0.39, 0.29) is 0 Å². The number of hydrogen-bond acceptors (Lipinski definition) is 3. The van der Waals surface area contributed by atoms with Gasteiger partial charge in [0, 0.05) is 35.9 Å². The maximum Gasteiger partial charge on any atom is 0.154 e. The summed E-state index contributed by atoms with van der Waals surface area (Å²) in [5, 5.41) is 0. The van der Waals surface area contributed by atoms with Gasteiger partial charge in [-0.15, -0.1) is 0 Å². The number of aromatic nitrogens is 4. The predicted molar refractivity (Wildman–Crippen MR) is 86.9 cm³/mol. The first-order chi connectivity index (χ1) is 10.7. The molecule has 0 fully saturated rings. The topological polar surface area (TPSA) is 61.1 Å². The molecule has 3 heterocycles. The molecule has 0 bridgehead atoms. The molecule has 108 valence electrons. The van der Waals surface area contributed by atoms with Crippen molar-refractivity contribution >= 4 is 11.3 Å². The van der Waals surface area contributed by atoms with Gasteiger partial charge in [-0.2, -0.15) is 0 Å². The molecule has 5 heteroatoms. The lowest BCUT2D eigenvalue weighted by Crippen LogP contribution is -2.05. The maximum atomic E-state index is 5.95. The average Bonchev–Trinajstić information content (AvgIpc) is 3.12. The van der Waals surface area contributed by atoms with Crippen molar-refractivity contribution in [2.45, 2.75) is 6.92 Å². The van der Waals surface area contributed by atoms with Crippen molar-refractivity contribution in [2.75, 3.05) is 5.73 Å². The Kier molecular flexibility index (Phi) is 2.72. The molecule has 0 radical (unpaired) electrons. The molecule has 3 aromatic heterocycles. The molecule has 0 aliphatic heterocycles. The van der Waals surface area contributed by atoms with Gasteiger partial charge in [-0.05, 0) is 36.8 Å². The van der Waals surface area contributed by atoms with Crippen LogP contribution >= 0.6 is 0 Å². The lowest BCUT2D eigenvalue weighted by atomic mass is 10.2. The number of hydrogen-bond donors (Lipinski definition) is 1. The Morgan fingerprint density at radius 1 is 1.09 bits per heavy atom. The summed E-state index contributed by atoms with van der Waals surface area (Å²) in [4.78, 5) is 8.67. The fourth-order valence-electron chi connectivity index (χ4n) is 2.68. The van der Waals surface area contributed by atoms with E-state index in [1.54, 1.807) is 6.20 Å². The van der Waals surface area contributed by atoms with E-state index in [0.717, 1.165) is 33.8 Å². The highest BCUT2D eigenvalue weighted by Gasteiger charge is 2.12. The van der Waals surface area contributed by atoms with E-state index in [2.05, 4.69) is 26.1 Å². The monoisotopic (exact) mass is 289 g/mol. The molecule has 5 nitrogen and oxygen atoms in total. The zero-order valence-electron chi connectivity index (χ0n) is 12.1. The minimum atomic E-state index is 0.741. The minimum Gasteiger partial charge on any atom is -0.399 e. The molecule has 0 amide bonds. The van der Waals surface area contributed by atoms with E-state index in [1.165, 1.54) is 0 Å². The van der Waals surface area contributed by atoms with Crippen LogP contribution in [0.3, 0.4) is 0 Å². The summed E-state index contributed by atoms with van der Waals surface area (Å²) in [6.45, 7) is 2.07. The third kappa shape index (κ3) is 1.87. The average molecular weight is 289 g/mol. The van der Waals surface area contributed by atoms with Gasteiger partial charge in [0.05, 0.1) is 17.6 Å². The Balaban J connectivity index is 2.00. The van der Waals surface area contributed by atoms with Gasteiger partial charge in [0.1, 0.15) is 0 Å². The highest BCUT2D eigenvalue weighted by atomic mass is 15.4. The SMILES string of the molecule is Cc1ccc(N)cc1-n1ccc2ncc(-c3cccnc3)n21. The van der Waals surface area contributed by atoms with Crippen molar-refractivity contribution in [1.82, 2.24) is 19.2 Å². The van der Waals surface area contributed by atoms with Gasteiger partial charge >= 0.3 is 0 Å². The Bertz CT molecular complexity index is 950. The van der Waals surface area contributed by atoms with Gasteiger partial charge in [-0.1, -0.05) is 6.07 Å². The van der Waals surface area contributed by atoms with E-state index in [4.69, 9.17) is 5.73 Å². The minimum absolute atomic E-state index is 0.741. The van der Waals surface area contributed by atoms with Crippen molar-refractivity contribution in [1.29, 1.82) is 0 Å². The largest absolute Gasteiger partial charge is 0.399 e. The van der Waals surface area contributed by atoms with E-state index in [0.29, 0.717) is 0 Å². The molecule has 0 atom stereocenters. The summed E-state index contributed by atoms with van der Waals surface area (Å²) in [6.07, 6.45) is 7.48. The van der Waals surface area contributed by atoms with E-state index in [9.17, 15) is 0 Å². The number of anilines is 1. The maximum absolute atomic E-state index is 5.95. The van der Waals surface area contributed by atoms with Crippen molar-refractivity contribution < 1.29 is 0 Å². The molecular weight excluding hydrogens is 274 g/mol. The highest BCUT2D eigenvalue weighted by molar-refractivity contribution is 5.63. The third-order valence-electron chi connectivity index (χ3n) is 3.78. The Morgan fingerprint density at radius 2 is 2.00 bits per heavy atom. The number of nitrogens with two attached hydrogens (primary N) is 1. The molecule has 4 rings (SSSR count). The van der Waals surface area contributed by atoms with Crippen molar-refractivity contribution in [2.24, 2.45) is 0 Å². The first kappa shape index (κ1) is 12.6. The van der Waals surface area contributed by atoms with E-state index in [1.807, 2.05) is 55.0 Å². The van der Waals surface area contributed by atoms with Crippen LogP contribution in [0, 0.1) is 6.92 Å². The fraction of sp³-hybridized carbons (Fsp3) is 0.0588. The number of nitrogens with zero attached hydrogens (tertiary/aromatic N) is 4. The summed E-state index contributed by atoms with van der Waals surface area (Å²) < 4.78 is 4.13. The number of imidazole rings is 1. The van der Waals surface area contributed by atoms with Gasteiger partial charge in [-0.3, -0.25) is 9.67 Å². The second-order valence-electron chi connectivity index (χ2n) is 5.26. The normalized spacial score (nSPS) is 11.1. The fourth-order valence-corrected chi connectivity index (χ4v) is 2.68. The summed E-state index contributed by atoms with van der Waals surface area (Å²) >= 11 is 0. The van der Waals surface area contributed by atoms with Crippen LogP contribution in [0.4, 0.5) is 5.69 Å². The van der Waals surface area contributed by atoms with E-state index >= 15 is 0 Å². The van der Waals surface area contributed by atoms with Crippen molar-refractivity contribution in [3.8, 4) is 16.9 Å². The Hall–Kier alpha value is -3.08. The lowest BCUT2D eigenvalue weighted by Gasteiger charge is -2.12. The van der Waals surface area contributed by atoms with Crippen LogP contribution in [0.15, 0.2) is 61.2 Å². The molecule has 0 saturated carbocycles. The summed E-state index contributed by atoms with van der Waals surface area (Å²) in [5.74, 6) is 0. The molecule has 0 unspecified atom stereocenters. The van der Waals surface area contributed by atoms with Crippen LogP contribution in [0.1, 0.15) is 5.56 Å². The third-order valence-corrected chi connectivity index (χ3v) is 3.78. The number of rotatable bonds is 2. The second-order valence-corrected chi connectivity index (χ2v) is 5.26. The van der Waals surface area contributed by atoms with Crippen molar-refractivity contribution in [3.05, 3.63) is 66.7 Å². The van der Waals surface area contributed by atoms with Crippen LogP contribution in [0.2, 0.25) is 0 Å². The second kappa shape index (κ2) is 4.73. The van der Waals surface area contributed by atoms with Gasteiger partial charge in [0.15, 0.2) is 5.65 Å². The zero-order chi connectivity index (χ0) is 15.1.